The lowest BCUT2D eigenvalue weighted by Crippen LogP contribution is -2.52. The van der Waals surface area contributed by atoms with Crippen molar-refractivity contribution in [3.63, 3.8) is 0 Å². The predicted octanol–water partition coefficient (Wildman–Crippen LogP) is -0.144. The van der Waals surface area contributed by atoms with Crippen molar-refractivity contribution < 1.29 is 9.31 Å². The molecule has 0 bridgehead atoms. The fourth-order valence-electron chi connectivity index (χ4n) is 0.675. The van der Waals surface area contributed by atoms with Crippen LogP contribution in [-0.4, -0.2) is 23.3 Å². The normalized spacial score (nSPS) is 29.8. The molecule has 0 aliphatic carbocycles. The van der Waals surface area contributed by atoms with Gasteiger partial charge < -0.3 is 0 Å². The Morgan fingerprint density at radius 1 is 1.91 bits per heavy atom. The summed E-state index contributed by atoms with van der Waals surface area (Å²) in [5.41, 5.74) is 2.95. The smallest absolute Gasteiger partial charge is 0.283 e. The van der Waals surface area contributed by atoms with Gasteiger partial charge in [-0.2, -0.15) is 0 Å². The minimum atomic E-state index is -2.14. The molecule has 6 heteroatoms. The number of dihydropyridines is 1. The van der Waals surface area contributed by atoms with Crippen LogP contribution in [-0.2, 0) is 0 Å². The third kappa shape index (κ3) is 1.12. The molecule has 5 nitrogen and oxygen atoms in total. The summed E-state index contributed by atoms with van der Waals surface area (Å²) in [6.45, 7) is -0.345. The summed E-state index contributed by atoms with van der Waals surface area (Å²) in [5.74, 6) is -0.961. The van der Waals surface area contributed by atoms with Crippen LogP contribution in [0.3, 0.4) is 0 Å². The number of rotatable bonds is 1. The van der Waals surface area contributed by atoms with E-state index in [2.05, 4.69) is 4.99 Å². The van der Waals surface area contributed by atoms with E-state index in [0.29, 0.717) is 0 Å². The Bertz CT molecular complexity index is 250. The zero-order valence-electron chi connectivity index (χ0n) is 5.53. The molecule has 1 aliphatic heterocycles. The summed E-state index contributed by atoms with van der Waals surface area (Å²) in [6, 6.07) is 0. The van der Waals surface area contributed by atoms with Crippen molar-refractivity contribution in [1.29, 1.82) is 0 Å². The van der Waals surface area contributed by atoms with E-state index in [9.17, 15) is 14.5 Å². The van der Waals surface area contributed by atoms with Crippen LogP contribution in [0.2, 0.25) is 0 Å². The zero-order valence-corrected chi connectivity index (χ0v) is 5.53. The van der Waals surface area contributed by atoms with Gasteiger partial charge in [-0.15, -0.1) is 0 Å². The quantitative estimate of drug-likeness (QED) is 0.328. The molecule has 1 heterocycles. The van der Waals surface area contributed by atoms with E-state index >= 15 is 0 Å². The fourth-order valence-corrected chi connectivity index (χ4v) is 0.675. The summed E-state index contributed by atoms with van der Waals surface area (Å²) < 4.78 is 12.7. The van der Waals surface area contributed by atoms with Crippen LogP contribution in [0.15, 0.2) is 16.9 Å². The number of aliphatic imine (C=N–C) groups is 1. The van der Waals surface area contributed by atoms with Gasteiger partial charge in [0.25, 0.3) is 0 Å². The molecular formula is C5H6FN3O2. The van der Waals surface area contributed by atoms with E-state index in [0.717, 1.165) is 12.3 Å². The Labute approximate surface area is 61.6 Å². The highest BCUT2D eigenvalue weighted by Crippen LogP contribution is 2.18. The largest absolute Gasteiger partial charge is 0.343 e. The Morgan fingerprint density at radius 2 is 2.55 bits per heavy atom. The van der Waals surface area contributed by atoms with Crippen LogP contribution in [0, 0.1) is 10.1 Å². The van der Waals surface area contributed by atoms with Crippen molar-refractivity contribution in [2.45, 2.75) is 5.66 Å². The number of nitrogens with zero attached hydrogens (tertiary/aromatic N) is 2. The van der Waals surface area contributed by atoms with Crippen LogP contribution in [0.4, 0.5) is 4.39 Å². The van der Waals surface area contributed by atoms with Crippen LogP contribution in [0.1, 0.15) is 0 Å². The molecule has 0 fully saturated rings. The molecule has 1 atom stereocenters. The van der Waals surface area contributed by atoms with Gasteiger partial charge in [0.2, 0.25) is 0 Å². The van der Waals surface area contributed by atoms with E-state index in [1.54, 1.807) is 0 Å². The van der Waals surface area contributed by atoms with E-state index in [-0.39, 0.29) is 6.54 Å². The third-order valence-corrected chi connectivity index (χ3v) is 1.40. The average Bonchev–Trinajstić information content (AvgIpc) is 1.95. The SMILES string of the molecule is NC1([N+](=O)[O-])CN=CC=C1F. The lowest BCUT2D eigenvalue weighted by Gasteiger charge is -2.17. The maximum Gasteiger partial charge on any atom is 0.343 e. The Morgan fingerprint density at radius 3 is 2.91 bits per heavy atom. The molecule has 0 spiro atoms. The van der Waals surface area contributed by atoms with Crippen molar-refractivity contribution in [3.8, 4) is 0 Å². The Kier molecular flexibility index (Phi) is 1.69. The van der Waals surface area contributed by atoms with Gasteiger partial charge in [0.1, 0.15) is 6.54 Å². The molecule has 11 heavy (non-hydrogen) atoms. The number of hydrogen-bond donors (Lipinski definition) is 1. The fraction of sp³-hybridized carbons (Fsp3) is 0.400. The van der Waals surface area contributed by atoms with Gasteiger partial charge >= 0.3 is 5.66 Å². The van der Waals surface area contributed by atoms with Gasteiger partial charge in [0, 0.05) is 6.21 Å². The highest BCUT2D eigenvalue weighted by molar-refractivity contribution is 5.73. The molecular weight excluding hydrogens is 153 g/mol. The number of halogens is 1. The first-order valence-corrected chi connectivity index (χ1v) is 2.87. The van der Waals surface area contributed by atoms with Gasteiger partial charge in [0.15, 0.2) is 5.83 Å². The monoisotopic (exact) mass is 159 g/mol. The average molecular weight is 159 g/mol. The molecule has 1 aliphatic rings. The maximum atomic E-state index is 12.7. The number of allylic oxidation sites excluding steroid dienone is 1. The van der Waals surface area contributed by atoms with E-state index in [1.807, 2.05) is 0 Å². The van der Waals surface area contributed by atoms with Crippen molar-refractivity contribution >= 4 is 6.21 Å². The molecule has 1 unspecified atom stereocenters. The van der Waals surface area contributed by atoms with Crippen LogP contribution < -0.4 is 5.73 Å². The summed E-state index contributed by atoms with van der Waals surface area (Å²) >= 11 is 0. The summed E-state index contributed by atoms with van der Waals surface area (Å²) in [4.78, 5) is 12.8. The van der Waals surface area contributed by atoms with Crippen molar-refractivity contribution in [2.75, 3.05) is 6.54 Å². The number of hydrogen-bond acceptors (Lipinski definition) is 4. The van der Waals surface area contributed by atoms with Crippen molar-refractivity contribution in [3.05, 3.63) is 22.0 Å². The molecule has 60 valence electrons. The summed E-state index contributed by atoms with van der Waals surface area (Å²) in [6.07, 6.45) is 2.05. The zero-order chi connectivity index (χ0) is 8.48. The van der Waals surface area contributed by atoms with Crippen molar-refractivity contribution in [2.24, 2.45) is 10.7 Å². The van der Waals surface area contributed by atoms with E-state index in [4.69, 9.17) is 5.73 Å². The van der Waals surface area contributed by atoms with Crippen LogP contribution in [0.5, 0.6) is 0 Å². The molecule has 2 N–H and O–H groups in total. The molecule has 0 aromatic heterocycles. The van der Waals surface area contributed by atoms with Gasteiger partial charge in [0.05, 0.1) is 4.92 Å². The first-order chi connectivity index (χ1) is 5.07. The van der Waals surface area contributed by atoms with Crippen LogP contribution >= 0.6 is 0 Å². The number of nitrogens with two attached hydrogens (primary N) is 1. The van der Waals surface area contributed by atoms with Gasteiger partial charge in [-0.3, -0.25) is 20.8 Å². The summed E-state index contributed by atoms with van der Waals surface area (Å²) in [5, 5.41) is 10.2. The minimum Gasteiger partial charge on any atom is -0.283 e. The Balaban J connectivity index is 2.97. The molecule has 0 saturated carbocycles. The highest BCUT2D eigenvalue weighted by Gasteiger charge is 2.44. The second-order valence-electron chi connectivity index (χ2n) is 2.19. The first kappa shape index (κ1) is 7.80. The second-order valence-corrected chi connectivity index (χ2v) is 2.19. The highest BCUT2D eigenvalue weighted by atomic mass is 19.1. The third-order valence-electron chi connectivity index (χ3n) is 1.40. The standard InChI is InChI=1S/C5H6FN3O2/c6-4-1-2-8-3-5(4,7)9(10)11/h1-2H,3,7H2. The molecule has 0 aromatic carbocycles. The molecule has 0 aromatic rings. The maximum absolute atomic E-state index is 12.7. The second kappa shape index (κ2) is 2.39. The summed E-state index contributed by atoms with van der Waals surface area (Å²) in [7, 11) is 0. The molecule has 0 amide bonds. The topological polar surface area (TPSA) is 81.5 Å². The van der Waals surface area contributed by atoms with E-state index < -0.39 is 16.4 Å². The van der Waals surface area contributed by atoms with Crippen LogP contribution in [0.25, 0.3) is 0 Å². The minimum absolute atomic E-state index is 0.345. The predicted molar refractivity (Wildman–Crippen MR) is 36.5 cm³/mol. The van der Waals surface area contributed by atoms with Gasteiger partial charge in [-0.05, 0) is 6.08 Å². The van der Waals surface area contributed by atoms with Gasteiger partial charge in [-0.25, -0.2) is 4.39 Å². The first-order valence-electron chi connectivity index (χ1n) is 2.87. The lowest BCUT2D eigenvalue weighted by molar-refractivity contribution is -0.557. The van der Waals surface area contributed by atoms with Crippen molar-refractivity contribution in [1.82, 2.24) is 0 Å². The van der Waals surface area contributed by atoms with Gasteiger partial charge in [-0.1, -0.05) is 0 Å². The molecule has 0 radical (unpaired) electrons. The Hall–Kier alpha value is -1.30. The van der Waals surface area contributed by atoms with E-state index in [1.165, 1.54) is 0 Å². The lowest BCUT2D eigenvalue weighted by atomic mass is 10.1. The molecule has 1 rings (SSSR count). The number of nitro groups is 1. The molecule has 0 saturated heterocycles.